The highest BCUT2D eigenvalue weighted by Crippen LogP contribution is 2.38. The molecule has 5 heteroatoms. The number of hydrogen-bond donors (Lipinski definition) is 1. The molecule has 1 amide bonds. The van der Waals surface area contributed by atoms with E-state index in [9.17, 15) is 4.79 Å². The van der Waals surface area contributed by atoms with Crippen LogP contribution in [0.3, 0.4) is 0 Å². The van der Waals surface area contributed by atoms with Gasteiger partial charge in [0.2, 0.25) is 5.91 Å². The average Bonchev–Trinajstić information content (AvgIpc) is 2.49. The molecule has 2 fully saturated rings. The number of carbonyl (C=O) groups is 1. The second-order valence-electron chi connectivity index (χ2n) is 6.16. The Hall–Kier alpha value is -0.770. The number of rotatable bonds is 2. The predicted molar refractivity (Wildman–Crippen MR) is 85.6 cm³/mol. The maximum absolute atomic E-state index is 12.2. The number of piperidine rings is 2. The molecular formula is C16H20Cl2N2O. The molecule has 2 saturated heterocycles. The maximum atomic E-state index is 12.2. The smallest absolute Gasteiger partial charge is 0.226 e. The molecule has 21 heavy (non-hydrogen) atoms. The van der Waals surface area contributed by atoms with Crippen LogP contribution in [0, 0.1) is 5.41 Å². The van der Waals surface area contributed by atoms with Crippen molar-refractivity contribution in [3.05, 3.63) is 33.8 Å². The molecule has 0 unspecified atom stereocenters. The Bertz CT molecular complexity index is 539. The van der Waals surface area contributed by atoms with Gasteiger partial charge in [-0.1, -0.05) is 29.3 Å². The minimum Gasteiger partial charge on any atom is -0.356 e. The van der Waals surface area contributed by atoms with Crippen LogP contribution in [0.5, 0.6) is 0 Å². The van der Waals surface area contributed by atoms with Gasteiger partial charge < -0.3 is 5.32 Å². The molecule has 3 rings (SSSR count). The van der Waals surface area contributed by atoms with Crippen LogP contribution in [-0.2, 0) is 11.3 Å². The summed E-state index contributed by atoms with van der Waals surface area (Å²) in [4.78, 5) is 14.6. The zero-order chi connectivity index (χ0) is 14.9. The van der Waals surface area contributed by atoms with Crippen LogP contribution < -0.4 is 5.32 Å². The summed E-state index contributed by atoms with van der Waals surface area (Å²) in [6, 6.07) is 5.80. The molecule has 1 aromatic carbocycles. The van der Waals surface area contributed by atoms with Gasteiger partial charge in [0.05, 0.1) is 15.5 Å². The van der Waals surface area contributed by atoms with Crippen LogP contribution >= 0.6 is 23.2 Å². The Morgan fingerprint density at radius 3 is 2.57 bits per heavy atom. The van der Waals surface area contributed by atoms with E-state index in [-0.39, 0.29) is 11.3 Å². The summed E-state index contributed by atoms with van der Waals surface area (Å²) in [6.07, 6.45) is 4.07. The van der Waals surface area contributed by atoms with E-state index in [1.54, 1.807) is 0 Å². The molecule has 114 valence electrons. The summed E-state index contributed by atoms with van der Waals surface area (Å²) in [5.74, 6) is 0.267. The lowest BCUT2D eigenvalue weighted by Crippen LogP contribution is -2.51. The highest BCUT2D eigenvalue weighted by molar-refractivity contribution is 6.42. The molecule has 2 aliphatic heterocycles. The van der Waals surface area contributed by atoms with E-state index in [4.69, 9.17) is 23.2 Å². The molecule has 0 aromatic heterocycles. The minimum atomic E-state index is -0.105. The molecule has 0 aliphatic carbocycles. The maximum Gasteiger partial charge on any atom is 0.226 e. The fourth-order valence-electron chi connectivity index (χ4n) is 3.44. The van der Waals surface area contributed by atoms with Crippen molar-refractivity contribution in [3.63, 3.8) is 0 Å². The fourth-order valence-corrected chi connectivity index (χ4v) is 3.76. The molecule has 2 aliphatic rings. The Balaban J connectivity index is 1.60. The Morgan fingerprint density at radius 2 is 1.90 bits per heavy atom. The zero-order valence-electron chi connectivity index (χ0n) is 12.0. The quantitative estimate of drug-likeness (QED) is 0.902. The first-order chi connectivity index (χ1) is 10.1. The van der Waals surface area contributed by atoms with Crippen LogP contribution in [0.2, 0.25) is 10.0 Å². The van der Waals surface area contributed by atoms with Gasteiger partial charge in [0.1, 0.15) is 0 Å². The molecule has 0 atom stereocenters. The normalized spacial score (nSPS) is 22.3. The SMILES string of the molecule is O=C1NCCCC12CCN(Cc1ccc(Cl)c(Cl)c1)CC2. The number of hydrogen-bond acceptors (Lipinski definition) is 2. The first-order valence-corrected chi connectivity index (χ1v) is 8.29. The third kappa shape index (κ3) is 3.20. The van der Waals surface area contributed by atoms with Crippen molar-refractivity contribution in [3.8, 4) is 0 Å². The lowest BCUT2D eigenvalue weighted by molar-refractivity contribution is -0.136. The second kappa shape index (κ2) is 6.15. The van der Waals surface area contributed by atoms with E-state index < -0.39 is 0 Å². The summed E-state index contributed by atoms with van der Waals surface area (Å²) >= 11 is 12.0. The van der Waals surface area contributed by atoms with Gasteiger partial charge in [0.25, 0.3) is 0 Å². The molecule has 0 radical (unpaired) electrons. The number of nitrogens with one attached hydrogen (secondary N) is 1. The first-order valence-electron chi connectivity index (χ1n) is 7.54. The molecule has 1 aromatic rings. The summed E-state index contributed by atoms with van der Waals surface area (Å²) in [5, 5.41) is 4.23. The van der Waals surface area contributed by atoms with Crippen molar-refractivity contribution in [2.45, 2.75) is 32.2 Å². The van der Waals surface area contributed by atoms with Crippen molar-refractivity contribution >= 4 is 29.1 Å². The lowest BCUT2D eigenvalue weighted by atomic mass is 9.72. The summed E-state index contributed by atoms with van der Waals surface area (Å²) < 4.78 is 0. The van der Waals surface area contributed by atoms with Crippen LogP contribution in [0.1, 0.15) is 31.2 Å². The average molecular weight is 327 g/mol. The molecule has 1 spiro atoms. The monoisotopic (exact) mass is 326 g/mol. The van der Waals surface area contributed by atoms with E-state index in [2.05, 4.69) is 10.2 Å². The largest absolute Gasteiger partial charge is 0.356 e. The molecule has 0 saturated carbocycles. The van der Waals surface area contributed by atoms with Gasteiger partial charge >= 0.3 is 0 Å². The lowest BCUT2D eigenvalue weighted by Gasteiger charge is -2.42. The number of amides is 1. The molecule has 3 nitrogen and oxygen atoms in total. The van der Waals surface area contributed by atoms with Gasteiger partial charge in [0, 0.05) is 13.1 Å². The highest BCUT2D eigenvalue weighted by atomic mass is 35.5. The summed E-state index contributed by atoms with van der Waals surface area (Å²) in [5.41, 5.74) is 1.07. The van der Waals surface area contributed by atoms with Gasteiger partial charge in [-0.25, -0.2) is 0 Å². The predicted octanol–water partition coefficient (Wildman–Crippen LogP) is 3.49. The van der Waals surface area contributed by atoms with E-state index in [1.165, 1.54) is 5.56 Å². The van der Waals surface area contributed by atoms with Crippen molar-refractivity contribution in [2.24, 2.45) is 5.41 Å². The zero-order valence-corrected chi connectivity index (χ0v) is 13.5. The third-order valence-electron chi connectivity index (χ3n) is 4.80. The third-order valence-corrected chi connectivity index (χ3v) is 5.54. The number of halogens is 2. The summed E-state index contributed by atoms with van der Waals surface area (Å²) in [7, 11) is 0. The number of likely N-dealkylation sites (tertiary alicyclic amines) is 1. The number of carbonyl (C=O) groups excluding carboxylic acids is 1. The fraction of sp³-hybridized carbons (Fsp3) is 0.562. The van der Waals surface area contributed by atoms with E-state index in [0.29, 0.717) is 10.0 Å². The highest BCUT2D eigenvalue weighted by Gasteiger charge is 2.42. The van der Waals surface area contributed by atoms with Crippen molar-refractivity contribution in [1.29, 1.82) is 0 Å². The van der Waals surface area contributed by atoms with Crippen LogP contribution in [-0.4, -0.2) is 30.4 Å². The van der Waals surface area contributed by atoms with Crippen molar-refractivity contribution < 1.29 is 4.79 Å². The van der Waals surface area contributed by atoms with Crippen LogP contribution in [0.25, 0.3) is 0 Å². The molecule has 1 N–H and O–H groups in total. The Labute approximate surface area is 135 Å². The topological polar surface area (TPSA) is 32.3 Å². The number of nitrogens with zero attached hydrogens (tertiary/aromatic N) is 1. The first kappa shape index (κ1) is 15.1. The van der Waals surface area contributed by atoms with E-state index in [1.807, 2.05) is 18.2 Å². The van der Waals surface area contributed by atoms with E-state index in [0.717, 1.165) is 51.9 Å². The standard InChI is InChI=1S/C16H20Cl2N2O/c17-13-3-2-12(10-14(13)18)11-20-8-5-16(6-9-20)4-1-7-19-15(16)21/h2-3,10H,1,4-9,11H2,(H,19,21). The van der Waals surface area contributed by atoms with Gasteiger partial charge in [-0.15, -0.1) is 0 Å². The van der Waals surface area contributed by atoms with Crippen molar-refractivity contribution in [2.75, 3.05) is 19.6 Å². The Morgan fingerprint density at radius 1 is 1.14 bits per heavy atom. The second-order valence-corrected chi connectivity index (χ2v) is 6.98. The van der Waals surface area contributed by atoms with Crippen LogP contribution in [0.4, 0.5) is 0 Å². The minimum absolute atomic E-state index is 0.105. The van der Waals surface area contributed by atoms with E-state index >= 15 is 0 Å². The molecule has 0 bridgehead atoms. The van der Waals surface area contributed by atoms with Gasteiger partial charge in [-0.05, 0) is 56.5 Å². The van der Waals surface area contributed by atoms with Gasteiger partial charge in [-0.3, -0.25) is 9.69 Å². The van der Waals surface area contributed by atoms with Crippen molar-refractivity contribution in [1.82, 2.24) is 10.2 Å². The Kier molecular flexibility index (Phi) is 4.43. The summed E-state index contributed by atoms with van der Waals surface area (Å²) in [6.45, 7) is 3.64. The van der Waals surface area contributed by atoms with Gasteiger partial charge in [0.15, 0.2) is 0 Å². The molecular weight excluding hydrogens is 307 g/mol. The number of benzene rings is 1. The van der Waals surface area contributed by atoms with Crippen LogP contribution in [0.15, 0.2) is 18.2 Å². The van der Waals surface area contributed by atoms with Gasteiger partial charge in [-0.2, -0.15) is 0 Å². The molecule has 2 heterocycles.